The summed E-state index contributed by atoms with van der Waals surface area (Å²) < 4.78 is 5.81. The van der Waals surface area contributed by atoms with E-state index in [1.165, 1.54) is 0 Å². The molecular formula is C16H13BrCl2N2O2S. The van der Waals surface area contributed by atoms with Crippen molar-refractivity contribution in [2.75, 3.05) is 7.11 Å². The largest absolute Gasteiger partial charge is 0.496 e. The van der Waals surface area contributed by atoms with Crippen LogP contribution in [0.1, 0.15) is 15.9 Å². The van der Waals surface area contributed by atoms with E-state index in [4.69, 9.17) is 40.2 Å². The first kappa shape index (κ1) is 19.0. The van der Waals surface area contributed by atoms with Gasteiger partial charge in [-0.1, -0.05) is 29.3 Å². The van der Waals surface area contributed by atoms with Gasteiger partial charge in [0, 0.05) is 22.2 Å². The second kappa shape index (κ2) is 8.67. The Labute approximate surface area is 163 Å². The van der Waals surface area contributed by atoms with Crippen LogP contribution in [0.4, 0.5) is 0 Å². The van der Waals surface area contributed by atoms with Gasteiger partial charge < -0.3 is 10.1 Å². The maximum Gasteiger partial charge on any atom is 0.257 e. The Morgan fingerprint density at radius 1 is 1.25 bits per heavy atom. The van der Waals surface area contributed by atoms with E-state index in [0.29, 0.717) is 32.4 Å². The van der Waals surface area contributed by atoms with Gasteiger partial charge in [-0.25, -0.2) is 0 Å². The lowest BCUT2D eigenvalue weighted by Crippen LogP contribution is -2.38. The van der Waals surface area contributed by atoms with Gasteiger partial charge in [-0.05, 0) is 64.0 Å². The van der Waals surface area contributed by atoms with Crippen LogP contribution in [-0.2, 0) is 6.54 Å². The van der Waals surface area contributed by atoms with Gasteiger partial charge in [0.05, 0.1) is 11.6 Å². The summed E-state index contributed by atoms with van der Waals surface area (Å²) in [7, 11) is 1.56. The number of carbonyl (C=O) groups excluding carboxylic acids is 1. The van der Waals surface area contributed by atoms with E-state index < -0.39 is 0 Å². The van der Waals surface area contributed by atoms with Crippen molar-refractivity contribution in [3.05, 3.63) is 62.0 Å². The number of ether oxygens (including phenoxy) is 1. The van der Waals surface area contributed by atoms with Crippen LogP contribution >= 0.6 is 51.3 Å². The number of benzene rings is 2. The average Bonchev–Trinajstić information content (AvgIpc) is 2.53. The molecule has 0 aliphatic rings. The van der Waals surface area contributed by atoms with Crippen molar-refractivity contribution in [2.24, 2.45) is 0 Å². The van der Waals surface area contributed by atoms with Gasteiger partial charge >= 0.3 is 0 Å². The summed E-state index contributed by atoms with van der Waals surface area (Å²) in [5, 5.41) is 6.84. The molecule has 2 aromatic carbocycles. The molecule has 0 bridgehead atoms. The molecule has 0 aromatic heterocycles. The summed E-state index contributed by atoms with van der Waals surface area (Å²) >= 11 is 20.4. The lowest BCUT2D eigenvalue weighted by Gasteiger charge is -2.11. The molecule has 0 heterocycles. The average molecular weight is 448 g/mol. The fraction of sp³-hybridized carbons (Fsp3) is 0.125. The number of carbonyl (C=O) groups is 1. The zero-order valence-corrected chi connectivity index (χ0v) is 16.4. The number of hydrogen-bond donors (Lipinski definition) is 2. The molecule has 0 aliphatic heterocycles. The molecule has 0 aliphatic carbocycles. The highest BCUT2D eigenvalue weighted by Crippen LogP contribution is 2.25. The van der Waals surface area contributed by atoms with Crippen molar-refractivity contribution in [1.29, 1.82) is 0 Å². The highest BCUT2D eigenvalue weighted by Gasteiger charge is 2.11. The van der Waals surface area contributed by atoms with Crippen LogP contribution in [0.25, 0.3) is 0 Å². The third-order valence-corrected chi connectivity index (χ3v) is 4.55. The Hall–Kier alpha value is -1.34. The normalized spacial score (nSPS) is 10.2. The van der Waals surface area contributed by atoms with Crippen molar-refractivity contribution in [3.63, 3.8) is 0 Å². The molecule has 0 atom stereocenters. The van der Waals surface area contributed by atoms with E-state index in [-0.39, 0.29) is 11.0 Å². The van der Waals surface area contributed by atoms with Gasteiger partial charge in [0.25, 0.3) is 5.91 Å². The number of rotatable bonds is 4. The quantitative estimate of drug-likeness (QED) is 0.674. The van der Waals surface area contributed by atoms with E-state index in [2.05, 4.69) is 26.6 Å². The molecule has 24 heavy (non-hydrogen) atoms. The predicted molar refractivity (Wildman–Crippen MR) is 104 cm³/mol. The van der Waals surface area contributed by atoms with Gasteiger partial charge in [-0.2, -0.15) is 0 Å². The minimum atomic E-state index is -0.321. The number of methoxy groups -OCH3 is 1. The third kappa shape index (κ3) is 5.08. The molecule has 126 valence electrons. The summed E-state index contributed by atoms with van der Waals surface area (Å²) in [6.45, 7) is 0.376. The predicted octanol–water partition coefficient (Wildman–Crippen LogP) is 4.57. The maximum atomic E-state index is 12.2. The summed E-state index contributed by atoms with van der Waals surface area (Å²) in [5.74, 6) is 0.322. The molecule has 2 rings (SSSR count). The lowest BCUT2D eigenvalue weighted by atomic mass is 10.2. The van der Waals surface area contributed by atoms with Crippen molar-refractivity contribution < 1.29 is 9.53 Å². The zero-order chi connectivity index (χ0) is 17.7. The second-order valence-electron chi connectivity index (χ2n) is 4.72. The Morgan fingerprint density at radius 3 is 2.62 bits per heavy atom. The van der Waals surface area contributed by atoms with Gasteiger partial charge in [0.2, 0.25) is 0 Å². The molecular weight excluding hydrogens is 435 g/mol. The molecule has 0 spiro atoms. The number of hydrogen-bond acceptors (Lipinski definition) is 3. The molecule has 0 saturated heterocycles. The highest BCUT2D eigenvalue weighted by atomic mass is 79.9. The Balaban J connectivity index is 1.94. The smallest absolute Gasteiger partial charge is 0.257 e. The van der Waals surface area contributed by atoms with Crippen LogP contribution < -0.4 is 15.4 Å². The fourth-order valence-corrected chi connectivity index (χ4v) is 3.05. The summed E-state index contributed by atoms with van der Waals surface area (Å²) in [4.78, 5) is 12.2. The second-order valence-corrected chi connectivity index (χ2v) is 6.83. The Bertz CT molecular complexity index is 787. The van der Waals surface area contributed by atoms with E-state index >= 15 is 0 Å². The minimum absolute atomic E-state index is 0.206. The van der Waals surface area contributed by atoms with Crippen LogP contribution in [-0.4, -0.2) is 18.1 Å². The molecule has 0 radical (unpaired) electrons. The van der Waals surface area contributed by atoms with E-state index in [9.17, 15) is 4.79 Å². The van der Waals surface area contributed by atoms with Gasteiger partial charge in [-0.15, -0.1) is 0 Å². The van der Waals surface area contributed by atoms with Crippen LogP contribution in [0.5, 0.6) is 5.75 Å². The minimum Gasteiger partial charge on any atom is -0.496 e. The molecule has 2 aromatic rings. The summed E-state index contributed by atoms with van der Waals surface area (Å²) in [6, 6.07) is 10.2. The van der Waals surface area contributed by atoms with Gasteiger partial charge in [0.1, 0.15) is 5.75 Å². The number of nitrogens with one attached hydrogen (secondary N) is 2. The molecule has 4 nitrogen and oxygen atoms in total. The first-order valence-corrected chi connectivity index (χ1v) is 8.73. The topological polar surface area (TPSA) is 50.4 Å². The van der Waals surface area contributed by atoms with Crippen LogP contribution in [0.3, 0.4) is 0 Å². The van der Waals surface area contributed by atoms with Gasteiger partial charge in [-0.3, -0.25) is 10.1 Å². The first-order chi connectivity index (χ1) is 11.4. The Kier molecular flexibility index (Phi) is 6.86. The number of amides is 1. The van der Waals surface area contributed by atoms with Crippen molar-refractivity contribution in [2.45, 2.75) is 6.54 Å². The highest BCUT2D eigenvalue weighted by molar-refractivity contribution is 9.10. The van der Waals surface area contributed by atoms with Crippen molar-refractivity contribution in [3.8, 4) is 5.75 Å². The monoisotopic (exact) mass is 446 g/mol. The standard InChI is InChI=1S/C16H13BrCl2N2O2S/c1-23-14-5-3-9(6-12(14)17)15(22)21-16(24)20-8-10-2-4-11(18)7-13(10)19/h2-7H,8H2,1H3,(H2,20,21,22,24). The number of thiocarbonyl (C=S) groups is 1. The SMILES string of the molecule is COc1ccc(C(=O)NC(=S)NCc2ccc(Cl)cc2Cl)cc1Br. The zero-order valence-electron chi connectivity index (χ0n) is 12.5. The molecule has 1 amide bonds. The van der Waals surface area contributed by atoms with Crippen molar-refractivity contribution >= 4 is 62.4 Å². The van der Waals surface area contributed by atoms with Crippen molar-refractivity contribution in [1.82, 2.24) is 10.6 Å². The van der Waals surface area contributed by atoms with E-state index in [1.807, 2.05) is 0 Å². The molecule has 0 saturated carbocycles. The summed E-state index contributed by atoms with van der Waals surface area (Å²) in [5.41, 5.74) is 1.28. The van der Waals surface area contributed by atoms with Crippen LogP contribution in [0, 0.1) is 0 Å². The van der Waals surface area contributed by atoms with E-state index in [0.717, 1.165) is 5.56 Å². The molecule has 8 heteroatoms. The fourth-order valence-electron chi connectivity index (χ4n) is 1.87. The molecule has 2 N–H and O–H groups in total. The van der Waals surface area contributed by atoms with Crippen LogP contribution in [0.2, 0.25) is 10.0 Å². The van der Waals surface area contributed by atoms with Gasteiger partial charge in [0.15, 0.2) is 5.11 Å². The third-order valence-electron chi connectivity index (χ3n) is 3.10. The van der Waals surface area contributed by atoms with E-state index in [1.54, 1.807) is 43.5 Å². The lowest BCUT2D eigenvalue weighted by molar-refractivity contribution is 0.0976. The Morgan fingerprint density at radius 2 is 2.00 bits per heavy atom. The first-order valence-electron chi connectivity index (χ1n) is 6.77. The summed E-state index contributed by atoms with van der Waals surface area (Å²) in [6.07, 6.45) is 0. The molecule has 0 unspecified atom stereocenters. The molecule has 0 fully saturated rings. The maximum absolute atomic E-state index is 12.2. The van der Waals surface area contributed by atoms with Crippen LogP contribution in [0.15, 0.2) is 40.9 Å². The number of halogens is 3.